The second kappa shape index (κ2) is 1.94. The van der Waals surface area contributed by atoms with Crippen LogP contribution in [-0.4, -0.2) is 12.1 Å². The van der Waals surface area contributed by atoms with Crippen molar-refractivity contribution >= 4 is 12.1 Å². The molecule has 1 unspecified atom stereocenters. The van der Waals surface area contributed by atoms with Gasteiger partial charge in [0.15, 0.2) is 0 Å². The van der Waals surface area contributed by atoms with E-state index in [0.29, 0.717) is 12.3 Å². The van der Waals surface area contributed by atoms with E-state index in [0.717, 1.165) is 0 Å². The molecule has 0 aromatic carbocycles. The van der Waals surface area contributed by atoms with E-state index < -0.39 is 0 Å². The van der Waals surface area contributed by atoms with E-state index in [2.05, 4.69) is 10.5 Å². The van der Waals surface area contributed by atoms with Gasteiger partial charge < -0.3 is 0 Å². The van der Waals surface area contributed by atoms with Crippen molar-refractivity contribution in [2.45, 2.75) is 13.3 Å². The van der Waals surface area contributed by atoms with Gasteiger partial charge in [-0.25, -0.2) is 5.43 Å². The Balaban J connectivity index is 2.54. The highest BCUT2D eigenvalue weighted by atomic mass is 16.2. The summed E-state index contributed by atoms with van der Waals surface area (Å²) < 4.78 is 0. The Morgan fingerprint density at radius 1 is 2.00 bits per heavy atom. The van der Waals surface area contributed by atoms with Gasteiger partial charge in [0, 0.05) is 18.6 Å². The van der Waals surface area contributed by atoms with Crippen LogP contribution in [-0.2, 0) is 4.79 Å². The Labute approximate surface area is 47.8 Å². The molecule has 0 bridgehead atoms. The molecule has 0 spiro atoms. The highest BCUT2D eigenvalue weighted by molar-refractivity contribution is 5.83. The molecular weight excluding hydrogens is 104 g/mol. The highest BCUT2D eigenvalue weighted by Crippen LogP contribution is 2.00. The molecule has 0 radical (unpaired) electrons. The summed E-state index contributed by atoms with van der Waals surface area (Å²) in [7, 11) is 0. The smallest absolute Gasteiger partial charge is 0.240 e. The van der Waals surface area contributed by atoms with Crippen molar-refractivity contribution in [3.8, 4) is 0 Å². The van der Waals surface area contributed by atoms with Gasteiger partial charge in [0.1, 0.15) is 0 Å². The van der Waals surface area contributed by atoms with Gasteiger partial charge in [-0.1, -0.05) is 6.92 Å². The van der Waals surface area contributed by atoms with E-state index in [1.165, 1.54) is 0 Å². The van der Waals surface area contributed by atoms with Gasteiger partial charge in [0.05, 0.1) is 0 Å². The third-order valence-electron chi connectivity index (χ3n) is 1.03. The second-order valence-corrected chi connectivity index (χ2v) is 1.99. The molecule has 1 aliphatic rings. The molecule has 0 fully saturated rings. The molecule has 1 N–H and O–H groups in total. The van der Waals surface area contributed by atoms with E-state index in [1.807, 2.05) is 6.92 Å². The first-order valence-electron chi connectivity index (χ1n) is 2.61. The molecular formula is C5H8N2O. The lowest BCUT2D eigenvalue weighted by Gasteiger charge is -2.08. The van der Waals surface area contributed by atoms with E-state index in [4.69, 9.17) is 0 Å². The average Bonchev–Trinajstić information content (AvgIpc) is 1.64. The summed E-state index contributed by atoms with van der Waals surface area (Å²) in [5.74, 6) is 0.323. The Hall–Kier alpha value is -0.860. The topological polar surface area (TPSA) is 41.5 Å². The zero-order chi connectivity index (χ0) is 5.98. The molecule has 1 aliphatic heterocycles. The lowest BCUT2D eigenvalue weighted by molar-refractivity contribution is -0.121. The number of carbonyl (C=O) groups excluding carboxylic acids is 1. The summed E-state index contributed by atoms with van der Waals surface area (Å²) in [4.78, 5) is 10.4. The summed E-state index contributed by atoms with van der Waals surface area (Å²) in [5.41, 5.74) is 2.34. The Kier molecular flexibility index (Phi) is 1.28. The molecule has 1 rings (SSSR count). The van der Waals surface area contributed by atoms with Crippen LogP contribution in [0.5, 0.6) is 0 Å². The lowest BCUT2D eigenvalue weighted by atomic mass is 10.1. The minimum Gasteiger partial charge on any atom is -0.273 e. The fourth-order valence-electron chi connectivity index (χ4n) is 0.627. The van der Waals surface area contributed by atoms with Crippen molar-refractivity contribution in [2.24, 2.45) is 11.0 Å². The fourth-order valence-corrected chi connectivity index (χ4v) is 0.627. The fraction of sp³-hybridized carbons (Fsp3) is 0.600. The number of carbonyl (C=O) groups is 1. The van der Waals surface area contributed by atoms with Crippen LogP contribution >= 0.6 is 0 Å². The summed E-state index contributed by atoms with van der Waals surface area (Å²) in [6.07, 6.45) is 2.31. The third kappa shape index (κ3) is 1.05. The summed E-state index contributed by atoms with van der Waals surface area (Å²) >= 11 is 0. The minimum absolute atomic E-state index is 0.0139. The predicted molar refractivity (Wildman–Crippen MR) is 30.4 cm³/mol. The Bertz CT molecular complexity index is 130. The molecule has 0 aliphatic carbocycles. The molecule has 8 heavy (non-hydrogen) atoms. The molecule has 0 aromatic rings. The Morgan fingerprint density at radius 2 is 2.75 bits per heavy atom. The van der Waals surface area contributed by atoms with Crippen molar-refractivity contribution in [1.29, 1.82) is 0 Å². The van der Waals surface area contributed by atoms with Gasteiger partial charge >= 0.3 is 0 Å². The number of rotatable bonds is 0. The zero-order valence-corrected chi connectivity index (χ0v) is 4.72. The molecule has 3 nitrogen and oxygen atoms in total. The first-order chi connectivity index (χ1) is 3.79. The maximum absolute atomic E-state index is 10.4. The SMILES string of the molecule is CC1C=NNC(=O)C1. The van der Waals surface area contributed by atoms with Crippen molar-refractivity contribution < 1.29 is 4.79 Å². The molecule has 44 valence electrons. The lowest BCUT2D eigenvalue weighted by Crippen LogP contribution is -2.25. The van der Waals surface area contributed by atoms with Gasteiger partial charge in [-0.15, -0.1) is 0 Å². The Morgan fingerprint density at radius 3 is 3.12 bits per heavy atom. The standard InChI is InChI=1S/C5H8N2O/c1-4-2-5(8)7-6-3-4/h3-4H,2H2,1H3,(H,7,8). The van der Waals surface area contributed by atoms with Crippen molar-refractivity contribution in [1.82, 2.24) is 5.43 Å². The summed E-state index contributed by atoms with van der Waals surface area (Å²) in [6, 6.07) is 0. The first kappa shape index (κ1) is 5.28. The predicted octanol–water partition coefficient (Wildman–Crippen LogP) is 0.128. The normalized spacial score (nSPS) is 27.6. The molecule has 0 aromatic heterocycles. The van der Waals surface area contributed by atoms with Gasteiger partial charge in [0.25, 0.3) is 0 Å². The third-order valence-corrected chi connectivity index (χ3v) is 1.03. The van der Waals surface area contributed by atoms with Crippen LogP contribution in [0.3, 0.4) is 0 Å². The molecule has 0 saturated heterocycles. The van der Waals surface area contributed by atoms with Crippen LogP contribution in [0.2, 0.25) is 0 Å². The van der Waals surface area contributed by atoms with Crippen LogP contribution < -0.4 is 5.43 Å². The second-order valence-electron chi connectivity index (χ2n) is 1.99. The highest BCUT2D eigenvalue weighted by Gasteiger charge is 2.09. The van der Waals surface area contributed by atoms with Crippen LogP contribution in [0.4, 0.5) is 0 Å². The number of hydrogen-bond acceptors (Lipinski definition) is 2. The number of hydrazone groups is 1. The molecule has 1 amide bonds. The van der Waals surface area contributed by atoms with Gasteiger partial charge in [0.2, 0.25) is 5.91 Å². The first-order valence-corrected chi connectivity index (χ1v) is 2.61. The monoisotopic (exact) mass is 112 g/mol. The van der Waals surface area contributed by atoms with Crippen LogP contribution in [0.1, 0.15) is 13.3 Å². The van der Waals surface area contributed by atoms with Crippen molar-refractivity contribution in [3.63, 3.8) is 0 Å². The van der Waals surface area contributed by atoms with Gasteiger partial charge in [-0.05, 0) is 0 Å². The van der Waals surface area contributed by atoms with Gasteiger partial charge in [-0.3, -0.25) is 4.79 Å². The molecule has 1 atom stereocenters. The van der Waals surface area contributed by atoms with Crippen LogP contribution in [0.25, 0.3) is 0 Å². The van der Waals surface area contributed by atoms with E-state index in [-0.39, 0.29) is 5.91 Å². The zero-order valence-electron chi connectivity index (χ0n) is 4.72. The molecule has 1 heterocycles. The van der Waals surface area contributed by atoms with Gasteiger partial charge in [-0.2, -0.15) is 5.10 Å². The van der Waals surface area contributed by atoms with Crippen molar-refractivity contribution in [2.75, 3.05) is 0 Å². The minimum atomic E-state index is 0.0139. The number of amides is 1. The van der Waals surface area contributed by atoms with Crippen molar-refractivity contribution in [3.05, 3.63) is 0 Å². The summed E-state index contributed by atoms with van der Waals surface area (Å²) in [5, 5.41) is 3.61. The maximum Gasteiger partial charge on any atom is 0.240 e. The largest absolute Gasteiger partial charge is 0.273 e. The number of nitrogens with one attached hydrogen (secondary N) is 1. The summed E-state index contributed by atoms with van der Waals surface area (Å²) in [6.45, 7) is 1.96. The van der Waals surface area contributed by atoms with E-state index >= 15 is 0 Å². The number of nitrogens with zero attached hydrogens (tertiary/aromatic N) is 1. The van der Waals surface area contributed by atoms with E-state index in [1.54, 1.807) is 6.21 Å². The van der Waals surface area contributed by atoms with Crippen LogP contribution in [0.15, 0.2) is 5.10 Å². The quantitative estimate of drug-likeness (QED) is 0.475. The van der Waals surface area contributed by atoms with E-state index in [9.17, 15) is 4.79 Å². The average molecular weight is 112 g/mol. The van der Waals surface area contributed by atoms with Crippen LogP contribution in [0, 0.1) is 5.92 Å². The maximum atomic E-state index is 10.4. The number of hydrogen-bond donors (Lipinski definition) is 1. The molecule has 0 saturated carbocycles. The molecule has 3 heteroatoms.